The summed E-state index contributed by atoms with van der Waals surface area (Å²) in [6.45, 7) is 3.58. The molecule has 1 unspecified atom stereocenters. The van der Waals surface area contributed by atoms with Crippen LogP contribution in [-0.4, -0.2) is 28.9 Å². The fourth-order valence-electron chi connectivity index (χ4n) is 3.82. The molecule has 2 heterocycles. The van der Waals surface area contributed by atoms with Crippen molar-refractivity contribution in [3.8, 4) is 0 Å². The molecule has 3 aromatic rings. The molecule has 1 aromatic heterocycles. The number of ketones is 1. The lowest BCUT2D eigenvalue weighted by Gasteiger charge is -2.24. The number of rotatable bonds is 6. The second-order valence-electron chi connectivity index (χ2n) is 8.07. The van der Waals surface area contributed by atoms with Crippen LogP contribution in [0.2, 0.25) is 0 Å². The maximum Gasteiger partial charge on any atom is 0.310 e. The number of carbonyl (C=O) groups is 3. The van der Waals surface area contributed by atoms with E-state index in [9.17, 15) is 19.5 Å². The number of benzene rings is 2. The predicted octanol–water partition coefficient (Wildman–Crippen LogP) is 5.63. The molecule has 1 aliphatic heterocycles. The van der Waals surface area contributed by atoms with E-state index < -0.39 is 17.7 Å². The number of hydrogen-bond acceptors (Lipinski definition) is 6. The molecule has 8 heteroatoms. The van der Waals surface area contributed by atoms with Crippen LogP contribution in [0, 0.1) is 0 Å². The second-order valence-corrected chi connectivity index (χ2v) is 9.97. The number of carbonyl (C=O) groups excluding carboxylic acids is 3. The topological polar surface area (TPSA) is 83.9 Å². The van der Waals surface area contributed by atoms with Crippen molar-refractivity contribution >= 4 is 56.4 Å². The van der Waals surface area contributed by atoms with Crippen molar-refractivity contribution in [2.45, 2.75) is 32.4 Å². The van der Waals surface area contributed by atoms with Crippen molar-refractivity contribution in [2.24, 2.45) is 0 Å². The minimum absolute atomic E-state index is 0.0411. The highest BCUT2D eigenvalue weighted by Crippen LogP contribution is 2.43. The minimum Gasteiger partial charge on any atom is -0.507 e. The molecule has 0 spiro atoms. The number of aliphatic hydroxyl groups is 1. The predicted molar refractivity (Wildman–Crippen MR) is 135 cm³/mol. The third-order valence-electron chi connectivity index (χ3n) is 5.30. The van der Waals surface area contributed by atoms with Crippen LogP contribution in [0.4, 0.5) is 5.69 Å². The zero-order valence-electron chi connectivity index (χ0n) is 18.5. The first-order valence-electron chi connectivity index (χ1n) is 10.6. The number of amides is 1. The Kier molecular flexibility index (Phi) is 7.00. The highest BCUT2D eigenvalue weighted by atomic mass is 79.9. The van der Waals surface area contributed by atoms with Gasteiger partial charge in [-0.25, -0.2) is 0 Å². The molecule has 1 N–H and O–H groups in total. The van der Waals surface area contributed by atoms with Gasteiger partial charge in [-0.2, -0.15) is 0 Å². The fourth-order valence-corrected chi connectivity index (χ4v) is 4.91. The molecule has 1 amide bonds. The Bertz CT molecular complexity index is 1250. The van der Waals surface area contributed by atoms with Gasteiger partial charge >= 0.3 is 5.97 Å². The maximum absolute atomic E-state index is 13.1. The normalized spacial score (nSPS) is 17.4. The zero-order chi connectivity index (χ0) is 24.4. The van der Waals surface area contributed by atoms with Crippen LogP contribution in [0.5, 0.6) is 0 Å². The van der Waals surface area contributed by atoms with E-state index in [4.69, 9.17) is 4.74 Å². The van der Waals surface area contributed by atoms with E-state index >= 15 is 0 Å². The molecule has 1 aliphatic rings. The maximum atomic E-state index is 13.1. The number of halogens is 1. The molecule has 0 bridgehead atoms. The molecule has 2 aromatic carbocycles. The molecule has 174 valence electrons. The van der Waals surface area contributed by atoms with Gasteiger partial charge in [-0.3, -0.25) is 19.3 Å². The van der Waals surface area contributed by atoms with E-state index in [1.165, 1.54) is 16.2 Å². The van der Waals surface area contributed by atoms with Crippen LogP contribution in [0.25, 0.3) is 5.76 Å². The molecule has 4 rings (SSSR count). The Labute approximate surface area is 209 Å². The number of thiophene rings is 1. The lowest BCUT2D eigenvalue weighted by Crippen LogP contribution is -2.29. The lowest BCUT2D eigenvalue weighted by atomic mass is 9.99. The molecule has 1 fully saturated rings. The molecule has 1 atom stereocenters. The highest BCUT2D eigenvalue weighted by molar-refractivity contribution is 9.10. The molecule has 1 saturated heterocycles. The van der Waals surface area contributed by atoms with Crippen LogP contribution in [-0.2, 0) is 25.5 Å². The molecule has 0 aliphatic carbocycles. The molecule has 0 saturated carbocycles. The van der Waals surface area contributed by atoms with Gasteiger partial charge in [-0.05, 0) is 55.1 Å². The summed E-state index contributed by atoms with van der Waals surface area (Å²) < 4.78 is 6.02. The van der Waals surface area contributed by atoms with Crippen molar-refractivity contribution in [1.82, 2.24) is 0 Å². The number of anilines is 1. The quantitative estimate of drug-likeness (QED) is 0.190. The first-order chi connectivity index (χ1) is 16.3. The van der Waals surface area contributed by atoms with Gasteiger partial charge in [0.15, 0.2) is 0 Å². The summed E-state index contributed by atoms with van der Waals surface area (Å²) in [6, 6.07) is 16.7. The minimum atomic E-state index is -0.764. The van der Waals surface area contributed by atoms with Crippen LogP contribution in [0.3, 0.4) is 0 Å². The summed E-state index contributed by atoms with van der Waals surface area (Å²) in [5.74, 6) is -2.02. The number of ether oxygens (including phenoxy) is 1. The van der Waals surface area contributed by atoms with Crippen molar-refractivity contribution in [1.29, 1.82) is 0 Å². The smallest absolute Gasteiger partial charge is 0.310 e. The van der Waals surface area contributed by atoms with Gasteiger partial charge in [0.2, 0.25) is 0 Å². The van der Waals surface area contributed by atoms with Crippen LogP contribution in [0.15, 0.2) is 76.1 Å². The van der Waals surface area contributed by atoms with E-state index in [2.05, 4.69) is 15.9 Å². The lowest BCUT2D eigenvalue weighted by molar-refractivity contribution is -0.146. The fraction of sp³-hybridized carbons (Fsp3) is 0.192. The van der Waals surface area contributed by atoms with E-state index in [0.717, 1.165) is 14.9 Å². The Hall–Kier alpha value is -3.23. The Morgan fingerprint density at radius 3 is 2.35 bits per heavy atom. The Morgan fingerprint density at radius 2 is 1.76 bits per heavy atom. The Morgan fingerprint density at radius 1 is 1.09 bits per heavy atom. The van der Waals surface area contributed by atoms with E-state index in [0.29, 0.717) is 11.3 Å². The largest absolute Gasteiger partial charge is 0.507 e. The summed E-state index contributed by atoms with van der Waals surface area (Å²) in [4.78, 5) is 40.4. The summed E-state index contributed by atoms with van der Waals surface area (Å²) >= 11 is 4.76. The first-order valence-corrected chi connectivity index (χ1v) is 12.3. The number of aliphatic hydroxyl groups excluding tert-OH is 1. The number of esters is 1. The molecule has 34 heavy (non-hydrogen) atoms. The highest BCUT2D eigenvalue weighted by Gasteiger charge is 2.47. The van der Waals surface area contributed by atoms with Crippen molar-refractivity contribution in [2.75, 3.05) is 4.90 Å². The average Bonchev–Trinajstić information content (AvgIpc) is 3.41. The summed E-state index contributed by atoms with van der Waals surface area (Å²) in [5, 5.41) is 12.9. The molecular formula is C26H22BrNO5S. The van der Waals surface area contributed by atoms with Gasteiger partial charge < -0.3 is 9.84 Å². The van der Waals surface area contributed by atoms with Crippen LogP contribution in [0.1, 0.15) is 35.9 Å². The summed E-state index contributed by atoms with van der Waals surface area (Å²) in [5.41, 5.74) is 1.71. The monoisotopic (exact) mass is 539 g/mol. The molecule has 6 nitrogen and oxygen atoms in total. The van der Waals surface area contributed by atoms with Crippen molar-refractivity contribution < 1.29 is 24.2 Å². The summed E-state index contributed by atoms with van der Waals surface area (Å²) in [7, 11) is 0. The SMILES string of the molecule is CC(C)OC(=O)Cc1ccc(N2C(=O)C(=O)/C(=C(\O)c3ccc(Br)cc3)C2c2cccs2)cc1. The molecular weight excluding hydrogens is 518 g/mol. The third kappa shape index (κ3) is 4.83. The van der Waals surface area contributed by atoms with E-state index in [-0.39, 0.29) is 29.8 Å². The van der Waals surface area contributed by atoms with Gasteiger partial charge in [0.05, 0.1) is 18.1 Å². The standard InChI is InChI=1S/C26H22BrNO5S/c1-15(2)33-21(29)14-16-5-11-19(12-6-16)28-23(20-4-3-13-34-20)22(25(31)26(28)32)24(30)17-7-9-18(27)10-8-17/h3-13,15,23,30H,14H2,1-2H3/b24-22-. The first kappa shape index (κ1) is 23.9. The van der Waals surface area contributed by atoms with Gasteiger partial charge in [-0.15, -0.1) is 11.3 Å². The van der Waals surface area contributed by atoms with Crippen LogP contribution >= 0.6 is 27.3 Å². The Balaban J connectivity index is 1.73. The third-order valence-corrected chi connectivity index (χ3v) is 6.76. The van der Waals surface area contributed by atoms with Crippen molar-refractivity contribution in [3.63, 3.8) is 0 Å². The van der Waals surface area contributed by atoms with Gasteiger partial charge in [0.1, 0.15) is 11.8 Å². The van der Waals surface area contributed by atoms with Crippen LogP contribution < -0.4 is 4.90 Å². The van der Waals surface area contributed by atoms with Gasteiger partial charge in [-0.1, -0.05) is 46.3 Å². The van der Waals surface area contributed by atoms with Gasteiger partial charge in [0, 0.05) is 20.6 Å². The molecule has 0 radical (unpaired) electrons. The van der Waals surface area contributed by atoms with E-state index in [1.54, 1.807) is 62.4 Å². The summed E-state index contributed by atoms with van der Waals surface area (Å²) in [6.07, 6.45) is -0.0926. The van der Waals surface area contributed by atoms with E-state index in [1.807, 2.05) is 17.5 Å². The second kappa shape index (κ2) is 9.95. The number of nitrogens with zero attached hydrogens (tertiary/aromatic N) is 1. The average molecular weight is 540 g/mol. The van der Waals surface area contributed by atoms with Gasteiger partial charge in [0.25, 0.3) is 11.7 Å². The van der Waals surface area contributed by atoms with Crippen molar-refractivity contribution in [3.05, 3.63) is 92.1 Å². The number of hydrogen-bond donors (Lipinski definition) is 1. The zero-order valence-corrected chi connectivity index (χ0v) is 20.9. The number of Topliss-reactive ketones (excluding diaryl/α,β-unsaturated/α-hetero) is 1.